The summed E-state index contributed by atoms with van der Waals surface area (Å²) in [5.41, 5.74) is 0. The van der Waals surface area contributed by atoms with Crippen LogP contribution in [0.5, 0.6) is 0 Å². The minimum atomic E-state index is -0.572. The lowest BCUT2D eigenvalue weighted by Gasteiger charge is -2.19. The number of carbonyl (C=O) groups excluding carboxylic acids is 2. The maximum Gasteiger partial charge on any atom is 0.247 e. The molecule has 0 saturated carbocycles. The fourth-order valence-electron chi connectivity index (χ4n) is 0.665. The van der Waals surface area contributed by atoms with Crippen molar-refractivity contribution in [1.29, 1.82) is 0 Å². The van der Waals surface area contributed by atoms with E-state index in [4.69, 9.17) is 32.7 Å². The minimum Gasteiger partial charge on any atom is -0.367 e. The molecule has 2 unspecified atom stereocenters. The fourth-order valence-corrected chi connectivity index (χ4v) is 0.791. The Balaban J connectivity index is 3.69. The Kier molecular flexibility index (Phi) is 7.09. The summed E-state index contributed by atoms with van der Waals surface area (Å²) in [5.74, 6) is 0. The summed E-state index contributed by atoms with van der Waals surface area (Å²) in [4.78, 5) is 20.7. The lowest BCUT2D eigenvalue weighted by atomic mass is 10.2. The highest BCUT2D eigenvalue weighted by Crippen LogP contribution is 2.04. The van der Waals surface area contributed by atoms with Crippen molar-refractivity contribution in [1.82, 2.24) is 0 Å². The molecule has 0 radical (unpaired) electrons. The van der Waals surface area contributed by atoms with Crippen LogP contribution in [0.4, 0.5) is 0 Å². The van der Waals surface area contributed by atoms with Crippen LogP contribution in [0.3, 0.4) is 0 Å². The Morgan fingerprint density at radius 2 is 1.29 bits per heavy atom. The zero-order chi connectivity index (χ0) is 11.1. The third-order valence-corrected chi connectivity index (χ3v) is 1.80. The van der Waals surface area contributed by atoms with Gasteiger partial charge < -0.3 is 9.47 Å². The average Bonchev–Trinajstić information content (AvgIpc) is 2.09. The monoisotopic (exact) mass is 242 g/mol. The lowest BCUT2D eigenvalue weighted by molar-refractivity contribution is -0.126. The molecule has 0 saturated heterocycles. The first kappa shape index (κ1) is 13.8. The highest BCUT2D eigenvalue weighted by Gasteiger charge is 2.15. The molecule has 0 fully saturated rings. The molecule has 2 atom stereocenters. The maximum absolute atomic E-state index is 10.4. The van der Waals surface area contributed by atoms with Crippen LogP contribution in [-0.2, 0) is 19.1 Å². The standard InChI is InChI=1S/C8H12Cl2O4/c1-5(13-3-7(9)11)6(2)14-4-8(10)12/h5-6H,3-4H2,1-2H3. The van der Waals surface area contributed by atoms with Gasteiger partial charge >= 0.3 is 0 Å². The predicted octanol–water partition coefficient (Wildman–Crippen LogP) is 1.33. The molecule has 6 heteroatoms. The lowest BCUT2D eigenvalue weighted by Crippen LogP contribution is -2.28. The van der Waals surface area contributed by atoms with Gasteiger partial charge in [0.25, 0.3) is 0 Å². The summed E-state index contributed by atoms with van der Waals surface area (Å²) < 4.78 is 10.1. The summed E-state index contributed by atoms with van der Waals surface area (Å²) in [7, 11) is 0. The van der Waals surface area contributed by atoms with Crippen LogP contribution >= 0.6 is 23.2 Å². The molecule has 0 aliphatic rings. The average molecular weight is 243 g/mol. The molecule has 0 aromatic carbocycles. The molecule has 82 valence electrons. The van der Waals surface area contributed by atoms with Gasteiger partial charge in [0.1, 0.15) is 13.2 Å². The molecule has 0 bridgehead atoms. The third-order valence-electron chi connectivity index (χ3n) is 1.58. The van der Waals surface area contributed by atoms with Gasteiger partial charge in [0.05, 0.1) is 12.2 Å². The van der Waals surface area contributed by atoms with Crippen LogP contribution < -0.4 is 0 Å². The van der Waals surface area contributed by atoms with Gasteiger partial charge in [-0.25, -0.2) is 0 Å². The molecule has 0 heterocycles. The molecular weight excluding hydrogens is 231 g/mol. The first-order valence-corrected chi connectivity index (χ1v) is 4.79. The van der Waals surface area contributed by atoms with E-state index in [1.165, 1.54) is 0 Å². The normalized spacial score (nSPS) is 14.9. The van der Waals surface area contributed by atoms with Crippen LogP contribution in [0, 0.1) is 0 Å². The molecular formula is C8H12Cl2O4. The van der Waals surface area contributed by atoms with E-state index in [0.717, 1.165) is 0 Å². The SMILES string of the molecule is CC(OCC(=O)Cl)C(C)OCC(=O)Cl. The van der Waals surface area contributed by atoms with Crippen molar-refractivity contribution in [3.63, 3.8) is 0 Å². The number of hydrogen-bond acceptors (Lipinski definition) is 4. The quantitative estimate of drug-likeness (QED) is 0.633. The Morgan fingerprint density at radius 1 is 1.00 bits per heavy atom. The summed E-state index contributed by atoms with van der Waals surface area (Å²) in [5, 5.41) is -1.14. The number of rotatable bonds is 7. The van der Waals surface area contributed by atoms with Crippen molar-refractivity contribution in [2.45, 2.75) is 26.1 Å². The second-order valence-corrected chi connectivity index (χ2v) is 3.59. The van der Waals surface area contributed by atoms with Gasteiger partial charge in [-0.05, 0) is 37.0 Å². The van der Waals surface area contributed by atoms with Gasteiger partial charge in [-0.3, -0.25) is 9.59 Å². The maximum atomic E-state index is 10.4. The number of carbonyl (C=O) groups is 2. The van der Waals surface area contributed by atoms with Crippen LogP contribution in [0.2, 0.25) is 0 Å². The second kappa shape index (κ2) is 7.17. The van der Waals surface area contributed by atoms with Crippen LogP contribution in [0.1, 0.15) is 13.8 Å². The topological polar surface area (TPSA) is 52.6 Å². The molecule has 0 aliphatic carbocycles. The second-order valence-electron chi connectivity index (χ2n) is 2.74. The van der Waals surface area contributed by atoms with E-state index < -0.39 is 10.5 Å². The Bertz CT molecular complexity index is 186. The third kappa shape index (κ3) is 7.26. The zero-order valence-corrected chi connectivity index (χ0v) is 9.47. The smallest absolute Gasteiger partial charge is 0.247 e. The van der Waals surface area contributed by atoms with Crippen LogP contribution in [-0.4, -0.2) is 35.9 Å². The van der Waals surface area contributed by atoms with Crippen molar-refractivity contribution in [3.05, 3.63) is 0 Å². The molecule has 0 aromatic heterocycles. The molecule has 14 heavy (non-hydrogen) atoms. The van der Waals surface area contributed by atoms with Gasteiger partial charge in [0.2, 0.25) is 10.5 Å². The van der Waals surface area contributed by atoms with Crippen LogP contribution in [0.15, 0.2) is 0 Å². The highest BCUT2D eigenvalue weighted by atomic mass is 35.5. The van der Waals surface area contributed by atoms with E-state index in [1.54, 1.807) is 13.8 Å². The van der Waals surface area contributed by atoms with Gasteiger partial charge in [0, 0.05) is 0 Å². The molecule has 0 aliphatic heterocycles. The summed E-state index contributed by atoms with van der Waals surface area (Å²) >= 11 is 10.1. The van der Waals surface area contributed by atoms with E-state index in [1.807, 2.05) is 0 Å². The van der Waals surface area contributed by atoms with Crippen molar-refractivity contribution in [3.8, 4) is 0 Å². The first-order valence-electron chi connectivity index (χ1n) is 4.03. The molecule has 0 aromatic rings. The largest absolute Gasteiger partial charge is 0.367 e. The van der Waals surface area contributed by atoms with Crippen molar-refractivity contribution >= 4 is 33.7 Å². The Labute approximate surface area is 92.5 Å². The number of ether oxygens (including phenoxy) is 2. The number of halogens is 2. The van der Waals surface area contributed by atoms with Crippen molar-refractivity contribution in [2.75, 3.05) is 13.2 Å². The highest BCUT2D eigenvalue weighted by molar-refractivity contribution is 6.64. The Hall–Kier alpha value is -0.160. The van der Waals surface area contributed by atoms with E-state index in [0.29, 0.717) is 0 Å². The Morgan fingerprint density at radius 3 is 1.50 bits per heavy atom. The van der Waals surface area contributed by atoms with Gasteiger partial charge in [0.15, 0.2) is 0 Å². The van der Waals surface area contributed by atoms with Crippen molar-refractivity contribution in [2.24, 2.45) is 0 Å². The zero-order valence-electron chi connectivity index (χ0n) is 7.96. The molecule has 0 N–H and O–H groups in total. The summed E-state index contributed by atoms with van der Waals surface area (Å²) in [6.45, 7) is 3.07. The minimum absolute atomic E-state index is 0.175. The summed E-state index contributed by atoms with van der Waals surface area (Å²) in [6.07, 6.45) is -0.651. The van der Waals surface area contributed by atoms with Crippen molar-refractivity contribution < 1.29 is 19.1 Å². The van der Waals surface area contributed by atoms with Crippen LogP contribution in [0.25, 0.3) is 0 Å². The predicted molar refractivity (Wildman–Crippen MR) is 52.5 cm³/mol. The molecule has 0 rings (SSSR count). The van der Waals surface area contributed by atoms with Gasteiger partial charge in [-0.2, -0.15) is 0 Å². The van der Waals surface area contributed by atoms with E-state index >= 15 is 0 Å². The van der Waals surface area contributed by atoms with E-state index in [-0.39, 0.29) is 25.4 Å². The van der Waals surface area contributed by atoms with E-state index in [9.17, 15) is 9.59 Å². The number of hydrogen-bond donors (Lipinski definition) is 0. The molecule has 0 spiro atoms. The fraction of sp³-hybridized carbons (Fsp3) is 0.750. The van der Waals surface area contributed by atoms with Gasteiger partial charge in [-0.15, -0.1) is 0 Å². The summed E-state index contributed by atoms with van der Waals surface area (Å²) in [6, 6.07) is 0. The molecule has 4 nitrogen and oxygen atoms in total. The molecule has 0 amide bonds. The van der Waals surface area contributed by atoms with E-state index in [2.05, 4.69) is 0 Å². The first-order chi connectivity index (χ1) is 6.43. The van der Waals surface area contributed by atoms with Gasteiger partial charge in [-0.1, -0.05) is 0 Å².